The molecule has 4 rings (SSSR count). The first-order chi connectivity index (χ1) is 13.0. The highest BCUT2D eigenvalue weighted by atomic mass is 35.5. The van der Waals surface area contributed by atoms with Crippen LogP contribution in [0, 0.1) is 0 Å². The van der Waals surface area contributed by atoms with Crippen molar-refractivity contribution in [1.82, 2.24) is 4.98 Å². The Bertz CT molecular complexity index is 886. The van der Waals surface area contributed by atoms with E-state index >= 15 is 0 Å². The Balaban J connectivity index is 1.54. The first-order valence-electron chi connectivity index (χ1n) is 9.02. The highest BCUT2D eigenvalue weighted by Gasteiger charge is 2.27. The molecule has 1 fully saturated rings. The van der Waals surface area contributed by atoms with E-state index < -0.39 is 0 Å². The van der Waals surface area contributed by atoms with Crippen LogP contribution in [0.1, 0.15) is 31.9 Å². The third-order valence-corrected chi connectivity index (χ3v) is 7.16. The fraction of sp³-hybridized carbons (Fsp3) is 0.421. The van der Waals surface area contributed by atoms with Crippen LogP contribution in [-0.4, -0.2) is 35.1 Å². The Kier molecular flexibility index (Phi) is 5.43. The SMILES string of the molecule is CC1CCN(C(=O)Cc2csc(N3CCCC3=O)n2)c2cc(Cl)ccc2S1. The van der Waals surface area contributed by atoms with Crippen LogP contribution < -0.4 is 9.80 Å². The first-order valence-corrected chi connectivity index (χ1v) is 11.2. The number of aromatic nitrogens is 1. The van der Waals surface area contributed by atoms with Crippen LogP contribution >= 0.6 is 34.7 Å². The van der Waals surface area contributed by atoms with Crippen molar-refractivity contribution in [1.29, 1.82) is 0 Å². The van der Waals surface area contributed by atoms with E-state index in [-0.39, 0.29) is 18.2 Å². The molecule has 1 atom stereocenters. The van der Waals surface area contributed by atoms with E-state index in [1.54, 1.807) is 16.7 Å². The fourth-order valence-corrected chi connectivity index (χ4v) is 5.50. The number of fused-ring (bicyclic) bond motifs is 1. The maximum atomic E-state index is 13.1. The number of amides is 2. The van der Waals surface area contributed by atoms with Crippen LogP contribution in [0.25, 0.3) is 0 Å². The summed E-state index contributed by atoms with van der Waals surface area (Å²) in [6.45, 7) is 3.56. The average molecular weight is 422 g/mol. The number of carbonyl (C=O) groups excluding carboxylic acids is 2. The number of nitrogens with zero attached hydrogens (tertiary/aromatic N) is 3. The molecule has 0 spiro atoms. The summed E-state index contributed by atoms with van der Waals surface area (Å²) in [6.07, 6.45) is 2.60. The average Bonchev–Trinajstić information content (AvgIpc) is 3.22. The van der Waals surface area contributed by atoms with Gasteiger partial charge in [-0.25, -0.2) is 4.98 Å². The second-order valence-corrected chi connectivity index (χ2v) is 9.57. The minimum Gasteiger partial charge on any atom is -0.311 e. The van der Waals surface area contributed by atoms with E-state index in [2.05, 4.69) is 11.9 Å². The van der Waals surface area contributed by atoms with Gasteiger partial charge in [0.2, 0.25) is 11.8 Å². The van der Waals surface area contributed by atoms with Gasteiger partial charge in [-0.15, -0.1) is 23.1 Å². The molecule has 5 nitrogen and oxygen atoms in total. The van der Waals surface area contributed by atoms with Crippen molar-refractivity contribution in [3.05, 3.63) is 34.3 Å². The van der Waals surface area contributed by atoms with Crippen molar-refractivity contribution in [3.63, 3.8) is 0 Å². The molecular weight excluding hydrogens is 402 g/mol. The molecular formula is C19H20ClN3O2S2. The Morgan fingerprint density at radius 3 is 3.00 bits per heavy atom. The van der Waals surface area contributed by atoms with Gasteiger partial charge in [-0.1, -0.05) is 18.5 Å². The summed E-state index contributed by atoms with van der Waals surface area (Å²) >= 11 is 9.40. The van der Waals surface area contributed by atoms with E-state index in [4.69, 9.17) is 11.6 Å². The van der Waals surface area contributed by atoms with Crippen molar-refractivity contribution >= 4 is 57.3 Å². The van der Waals surface area contributed by atoms with Gasteiger partial charge in [0.1, 0.15) is 0 Å². The number of thioether (sulfide) groups is 1. The second-order valence-electron chi connectivity index (χ2n) is 6.82. The lowest BCUT2D eigenvalue weighted by Crippen LogP contribution is -2.33. The molecule has 142 valence electrons. The molecule has 1 aromatic carbocycles. The number of benzene rings is 1. The zero-order valence-electron chi connectivity index (χ0n) is 15.0. The van der Waals surface area contributed by atoms with Gasteiger partial charge in [0.25, 0.3) is 0 Å². The van der Waals surface area contributed by atoms with Gasteiger partial charge in [0.15, 0.2) is 5.13 Å². The smallest absolute Gasteiger partial charge is 0.233 e. The molecule has 0 aliphatic carbocycles. The first kappa shape index (κ1) is 18.8. The molecule has 1 unspecified atom stereocenters. The van der Waals surface area contributed by atoms with E-state index in [0.717, 1.165) is 23.4 Å². The van der Waals surface area contributed by atoms with Crippen molar-refractivity contribution in [2.24, 2.45) is 0 Å². The lowest BCUT2D eigenvalue weighted by molar-refractivity contribution is -0.118. The summed E-state index contributed by atoms with van der Waals surface area (Å²) in [5, 5.41) is 3.65. The summed E-state index contributed by atoms with van der Waals surface area (Å²) in [5.74, 6) is 0.127. The van der Waals surface area contributed by atoms with Crippen molar-refractivity contribution < 1.29 is 9.59 Å². The van der Waals surface area contributed by atoms with Gasteiger partial charge in [0, 0.05) is 40.1 Å². The predicted octanol–water partition coefficient (Wildman–Crippen LogP) is 4.38. The standard InChI is InChI=1S/C19H20ClN3O2S2/c1-12-6-8-22(15-9-13(20)4-5-16(15)27-12)18(25)10-14-11-26-19(21-14)23-7-2-3-17(23)24/h4-5,9,11-12H,2-3,6-8,10H2,1H3. The Labute approximate surface area is 171 Å². The summed E-state index contributed by atoms with van der Waals surface area (Å²) in [6, 6.07) is 5.73. The van der Waals surface area contributed by atoms with E-state index in [9.17, 15) is 9.59 Å². The molecule has 2 aliphatic heterocycles. The highest BCUT2D eigenvalue weighted by molar-refractivity contribution is 8.00. The number of carbonyl (C=O) groups is 2. The predicted molar refractivity (Wildman–Crippen MR) is 111 cm³/mol. The molecule has 0 saturated carbocycles. The molecule has 27 heavy (non-hydrogen) atoms. The maximum absolute atomic E-state index is 13.1. The third kappa shape index (κ3) is 4.00. The van der Waals surface area contributed by atoms with E-state index in [1.165, 1.54) is 11.3 Å². The van der Waals surface area contributed by atoms with Crippen molar-refractivity contribution in [2.75, 3.05) is 22.9 Å². The van der Waals surface area contributed by atoms with Crippen LogP contribution in [0.5, 0.6) is 0 Å². The van der Waals surface area contributed by atoms with Gasteiger partial charge in [-0.2, -0.15) is 0 Å². The van der Waals surface area contributed by atoms with Gasteiger partial charge in [-0.05, 0) is 31.0 Å². The van der Waals surface area contributed by atoms with Crippen molar-refractivity contribution in [3.8, 4) is 0 Å². The maximum Gasteiger partial charge on any atom is 0.233 e. The topological polar surface area (TPSA) is 53.5 Å². The van der Waals surface area contributed by atoms with Crippen LogP contribution in [0.2, 0.25) is 5.02 Å². The van der Waals surface area contributed by atoms with Gasteiger partial charge >= 0.3 is 0 Å². The zero-order valence-corrected chi connectivity index (χ0v) is 17.4. The Hall–Kier alpha value is -1.57. The molecule has 2 amide bonds. The molecule has 0 N–H and O–H groups in total. The summed E-state index contributed by atoms with van der Waals surface area (Å²) < 4.78 is 0. The van der Waals surface area contributed by atoms with Gasteiger partial charge < -0.3 is 4.90 Å². The highest BCUT2D eigenvalue weighted by Crippen LogP contribution is 2.39. The molecule has 1 aromatic heterocycles. The summed E-state index contributed by atoms with van der Waals surface area (Å²) in [5.41, 5.74) is 1.60. The number of anilines is 2. The van der Waals surface area contributed by atoms with E-state index in [1.807, 2.05) is 28.5 Å². The molecule has 1 saturated heterocycles. The zero-order chi connectivity index (χ0) is 19.0. The summed E-state index contributed by atoms with van der Waals surface area (Å²) in [7, 11) is 0. The molecule has 8 heteroatoms. The largest absolute Gasteiger partial charge is 0.311 e. The lowest BCUT2D eigenvalue weighted by atomic mass is 10.2. The molecule has 3 heterocycles. The fourth-order valence-electron chi connectivity index (χ4n) is 3.37. The number of hydrogen-bond donors (Lipinski definition) is 0. The van der Waals surface area contributed by atoms with Crippen LogP contribution in [0.15, 0.2) is 28.5 Å². The number of hydrogen-bond acceptors (Lipinski definition) is 5. The minimum atomic E-state index is 0.0119. The quantitative estimate of drug-likeness (QED) is 0.737. The van der Waals surface area contributed by atoms with Crippen LogP contribution in [-0.2, 0) is 16.0 Å². The molecule has 2 aromatic rings. The third-order valence-electron chi connectivity index (χ3n) is 4.78. The van der Waals surface area contributed by atoms with E-state index in [0.29, 0.717) is 40.6 Å². The number of rotatable bonds is 3. The summed E-state index contributed by atoms with van der Waals surface area (Å²) in [4.78, 5) is 34.1. The monoisotopic (exact) mass is 421 g/mol. The second kappa shape index (κ2) is 7.81. The van der Waals surface area contributed by atoms with Gasteiger partial charge in [0.05, 0.1) is 17.8 Å². The number of halogens is 1. The molecule has 0 bridgehead atoms. The lowest BCUT2D eigenvalue weighted by Gasteiger charge is -2.22. The Morgan fingerprint density at radius 2 is 2.22 bits per heavy atom. The van der Waals surface area contributed by atoms with Crippen molar-refractivity contribution in [2.45, 2.75) is 42.8 Å². The Morgan fingerprint density at radius 1 is 1.37 bits per heavy atom. The normalized spacial score (nSPS) is 19.9. The number of thiazole rings is 1. The molecule has 0 radical (unpaired) electrons. The van der Waals surface area contributed by atoms with Crippen LogP contribution in [0.4, 0.5) is 10.8 Å². The van der Waals surface area contributed by atoms with Crippen LogP contribution in [0.3, 0.4) is 0 Å². The minimum absolute atomic E-state index is 0.0119. The molecule has 2 aliphatic rings. The van der Waals surface area contributed by atoms with Gasteiger partial charge in [-0.3, -0.25) is 14.5 Å².